The molecule has 5 N–H and O–H groups in total. The number of rotatable bonds is 11. The van der Waals surface area contributed by atoms with Gasteiger partial charge in [0.1, 0.15) is 11.6 Å². The fraction of sp³-hybridized carbons (Fsp3) is 0.286. The Kier molecular flexibility index (Phi) is 7.47. The van der Waals surface area contributed by atoms with Gasteiger partial charge in [0.2, 0.25) is 5.28 Å². The molecule has 0 saturated heterocycles. The number of hydrogen-bond donors (Lipinski definition) is 4. The zero-order valence-electron chi connectivity index (χ0n) is 18.0. The maximum Gasteiger partial charge on any atom is 0.348 e. The summed E-state index contributed by atoms with van der Waals surface area (Å²) in [7, 11) is 1.27. The Morgan fingerprint density at radius 3 is 2.47 bits per heavy atom. The first-order chi connectivity index (χ1) is 16.1. The first-order valence-corrected chi connectivity index (χ1v) is 10.2. The molecular formula is C21H22ClN5O7. The average Bonchev–Trinajstić information content (AvgIpc) is 3.22. The lowest BCUT2D eigenvalue weighted by atomic mass is 9.94. The second-order valence-electron chi connectivity index (χ2n) is 7.29. The molecule has 3 aromatic rings. The van der Waals surface area contributed by atoms with Crippen LogP contribution in [0.5, 0.6) is 0 Å². The second-order valence-corrected chi connectivity index (χ2v) is 7.62. The van der Waals surface area contributed by atoms with Crippen LogP contribution >= 0.6 is 11.6 Å². The number of fused-ring (bicyclic) bond motifs is 1. The molecule has 0 spiro atoms. The van der Waals surface area contributed by atoms with Gasteiger partial charge < -0.3 is 30.5 Å². The van der Waals surface area contributed by atoms with E-state index < -0.39 is 42.9 Å². The molecule has 0 saturated carbocycles. The molecule has 12 nitrogen and oxygen atoms in total. The number of carbonyl (C=O) groups is 2. The highest BCUT2D eigenvalue weighted by Crippen LogP contribution is 2.27. The highest BCUT2D eigenvalue weighted by atomic mass is 35.5. The maximum atomic E-state index is 12.0. The molecule has 0 radical (unpaired) electrons. The molecule has 1 aromatic carbocycles. The van der Waals surface area contributed by atoms with Crippen LogP contribution in [0.1, 0.15) is 11.8 Å². The number of methoxy groups -OCH3 is 1. The summed E-state index contributed by atoms with van der Waals surface area (Å²) in [6, 6.07) is 8.19. The summed E-state index contributed by atoms with van der Waals surface area (Å²) < 4.78 is 12.0. The van der Waals surface area contributed by atoms with Crippen LogP contribution in [0.15, 0.2) is 48.8 Å². The minimum absolute atomic E-state index is 0.00630. The van der Waals surface area contributed by atoms with E-state index in [1.54, 1.807) is 30.3 Å². The second kappa shape index (κ2) is 10.1. The van der Waals surface area contributed by atoms with E-state index in [1.165, 1.54) is 18.0 Å². The number of nitrogen functional groups attached to an aromatic ring is 1. The monoisotopic (exact) mass is 491 g/mol. The Bertz CT molecular complexity index is 1200. The van der Waals surface area contributed by atoms with Gasteiger partial charge in [-0.05, 0) is 17.2 Å². The molecule has 0 aliphatic heterocycles. The van der Waals surface area contributed by atoms with Crippen molar-refractivity contribution in [1.82, 2.24) is 19.5 Å². The number of ether oxygens (including phenoxy) is 2. The number of aromatic nitrogens is 4. The van der Waals surface area contributed by atoms with E-state index >= 15 is 0 Å². The Hall–Kier alpha value is -3.58. The number of hydrogen-bond acceptors (Lipinski definition) is 9. The summed E-state index contributed by atoms with van der Waals surface area (Å²) in [5, 5.41) is 30.2. The number of anilines is 1. The van der Waals surface area contributed by atoms with Crippen molar-refractivity contribution >= 4 is 40.5 Å². The predicted octanol–water partition coefficient (Wildman–Crippen LogP) is 1.29. The number of imidazole rings is 1. The molecule has 0 fully saturated rings. The van der Waals surface area contributed by atoms with E-state index in [0.29, 0.717) is 5.56 Å². The highest BCUT2D eigenvalue weighted by molar-refractivity contribution is 6.28. The van der Waals surface area contributed by atoms with Crippen LogP contribution in [0.25, 0.3) is 11.2 Å². The van der Waals surface area contributed by atoms with Crippen molar-refractivity contribution in [3.05, 3.63) is 59.7 Å². The van der Waals surface area contributed by atoms with Gasteiger partial charge in [0, 0.05) is 19.1 Å². The number of aliphatic hydroxyl groups excluding tert-OH is 1. The first-order valence-electron chi connectivity index (χ1n) is 9.80. The lowest BCUT2D eigenvalue weighted by Crippen LogP contribution is -2.52. The zero-order valence-corrected chi connectivity index (χ0v) is 18.7. The van der Waals surface area contributed by atoms with Crippen LogP contribution < -0.4 is 5.73 Å². The van der Waals surface area contributed by atoms with E-state index in [0.717, 1.165) is 0 Å². The molecular weight excluding hydrogens is 470 g/mol. The zero-order chi connectivity index (χ0) is 25.0. The molecule has 0 unspecified atom stereocenters. The van der Waals surface area contributed by atoms with Crippen molar-refractivity contribution < 1.29 is 34.4 Å². The first kappa shape index (κ1) is 25.1. The Labute approximate surface area is 198 Å². The van der Waals surface area contributed by atoms with Crippen LogP contribution in [-0.2, 0) is 25.5 Å². The van der Waals surface area contributed by atoms with E-state index in [-0.39, 0.29) is 27.8 Å². The number of carboxylic acids is 2. The van der Waals surface area contributed by atoms with Crippen LogP contribution in [0.4, 0.5) is 5.82 Å². The number of benzene rings is 1. The fourth-order valence-corrected chi connectivity index (χ4v) is 3.45. The molecule has 0 amide bonds. The Morgan fingerprint density at radius 1 is 1.24 bits per heavy atom. The smallest absolute Gasteiger partial charge is 0.348 e. The molecule has 3 rings (SSSR count). The Balaban J connectivity index is 1.84. The van der Waals surface area contributed by atoms with Gasteiger partial charge in [-0.15, -0.1) is 0 Å². The number of aliphatic carboxylic acids is 2. The average molecular weight is 492 g/mol. The molecule has 0 aliphatic rings. The topological polar surface area (TPSA) is 183 Å². The van der Waals surface area contributed by atoms with Crippen LogP contribution in [0, 0.1) is 0 Å². The maximum absolute atomic E-state index is 12.0. The van der Waals surface area contributed by atoms with Gasteiger partial charge in [0.05, 0.1) is 12.9 Å². The van der Waals surface area contributed by atoms with Gasteiger partial charge in [-0.3, -0.25) is 4.57 Å². The molecule has 2 heterocycles. The van der Waals surface area contributed by atoms with Gasteiger partial charge in [-0.1, -0.05) is 36.9 Å². The third kappa shape index (κ3) is 4.84. The molecule has 180 valence electrons. The van der Waals surface area contributed by atoms with Gasteiger partial charge >= 0.3 is 11.9 Å². The summed E-state index contributed by atoms with van der Waals surface area (Å²) in [4.78, 5) is 35.9. The van der Waals surface area contributed by atoms with Crippen molar-refractivity contribution in [2.45, 2.75) is 24.4 Å². The van der Waals surface area contributed by atoms with E-state index in [1.807, 2.05) is 0 Å². The lowest BCUT2D eigenvalue weighted by molar-refractivity contribution is -0.186. The number of nitrogens with two attached hydrogens (primary N) is 1. The number of nitrogens with zero attached hydrogens (tertiary/aromatic N) is 4. The molecule has 34 heavy (non-hydrogen) atoms. The molecule has 0 aliphatic carbocycles. The molecule has 2 aromatic heterocycles. The third-order valence-corrected chi connectivity index (χ3v) is 5.35. The number of halogens is 1. The quantitative estimate of drug-likeness (QED) is 0.172. The van der Waals surface area contributed by atoms with E-state index in [2.05, 4.69) is 21.5 Å². The fourth-order valence-electron chi connectivity index (χ4n) is 3.28. The van der Waals surface area contributed by atoms with Gasteiger partial charge in [0.15, 0.2) is 17.7 Å². The Morgan fingerprint density at radius 2 is 1.88 bits per heavy atom. The van der Waals surface area contributed by atoms with Crippen molar-refractivity contribution in [3.8, 4) is 0 Å². The van der Waals surface area contributed by atoms with Crippen molar-refractivity contribution in [3.63, 3.8) is 0 Å². The summed E-state index contributed by atoms with van der Waals surface area (Å²) >= 11 is 5.85. The summed E-state index contributed by atoms with van der Waals surface area (Å²) in [5.74, 6) is -3.37. The van der Waals surface area contributed by atoms with Crippen molar-refractivity contribution in [2.75, 3.05) is 19.5 Å². The van der Waals surface area contributed by atoms with Crippen molar-refractivity contribution in [2.24, 2.45) is 0 Å². The van der Waals surface area contributed by atoms with E-state index in [4.69, 9.17) is 26.8 Å². The normalized spacial score (nSPS) is 13.5. The van der Waals surface area contributed by atoms with Gasteiger partial charge in [-0.25, -0.2) is 14.6 Å². The highest BCUT2D eigenvalue weighted by Gasteiger charge is 2.49. The standard InChI is InChI=1S/C21H22ClN5O7/c1-11(17(28)27-10-24-14-15(23)25-20(22)26-16(14)27)13(33-2)9-34-21(18(29)30,19(31)32)8-12-6-4-3-5-7-12/h3-7,10,13,17,28H,1,8-9H2,2H3,(H,29,30)(H,31,32)(H2,23,25,26)/t13-,17-/m1/s1. The van der Waals surface area contributed by atoms with Crippen LogP contribution in [-0.4, -0.2) is 72.2 Å². The largest absolute Gasteiger partial charge is 0.479 e. The molecule has 2 atom stereocenters. The number of carboxylic acid groups (broad SMARTS) is 2. The number of aliphatic hydroxyl groups is 1. The lowest BCUT2D eigenvalue weighted by Gasteiger charge is -2.29. The molecule has 0 bridgehead atoms. The van der Waals surface area contributed by atoms with Crippen molar-refractivity contribution in [1.29, 1.82) is 0 Å². The predicted molar refractivity (Wildman–Crippen MR) is 120 cm³/mol. The SMILES string of the molecule is C=C([C@@H](O)n1cnc2c(N)nc(Cl)nc21)[C@@H](COC(Cc1ccccc1)(C(=O)O)C(=O)O)OC. The van der Waals surface area contributed by atoms with E-state index in [9.17, 15) is 24.9 Å². The van der Waals surface area contributed by atoms with Gasteiger partial charge in [0.25, 0.3) is 5.60 Å². The summed E-state index contributed by atoms with van der Waals surface area (Å²) in [6.07, 6.45) is -1.77. The summed E-state index contributed by atoms with van der Waals surface area (Å²) in [5.41, 5.74) is 3.95. The van der Waals surface area contributed by atoms with Crippen LogP contribution in [0.2, 0.25) is 5.28 Å². The van der Waals surface area contributed by atoms with Gasteiger partial charge in [-0.2, -0.15) is 9.97 Å². The minimum atomic E-state index is -2.60. The minimum Gasteiger partial charge on any atom is -0.479 e. The van der Waals surface area contributed by atoms with Crippen LogP contribution in [0.3, 0.4) is 0 Å². The summed E-state index contributed by atoms with van der Waals surface area (Å²) in [6.45, 7) is 3.26. The third-order valence-electron chi connectivity index (χ3n) is 5.18. The molecule has 13 heteroatoms.